The van der Waals surface area contributed by atoms with Gasteiger partial charge in [0.1, 0.15) is 12.0 Å². The summed E-state index contributed by atoms with van der Waals surface area (Å²) in [6, 6.07) is 4.97. The quantitative estimate of drug-likeness (QED) is 0.810. The van der Waals surface area contributed by atoms with Crippen LogP contribution < -0.4 is 4.74 Å². The second-order valence-electron chi connectivity index (χ2n) is 3.87. The Kier molecular flexibility index (Phi) is 4.15. The van der Waals surface area contributed by atoms with E-state index < -0.39 is 12.3 Å². The van der Waals surface area contributed by atoms with Gasteiger partial charge in [0.05, 0.1) is 12.2 Å². The lowest BCUT2D eigenvalue weighted by Gasteiger charge is -2.09. The lowest BCUT2D eigenvalue weighted by molar-refractivity contribution is -0.274. The summed E-state index contributed by atoms with van der Waals surface area (Å²) >= 11 is 0. The topological polar surface area (TPSA) is 61.6 Å². The lowest BCUT2D eigenvalue weighted by atomic mass is 10.1. The fourth-order valence-electron chi connectivity index (χ4n) is 1.62. The predicted octanol–water partition coefficient (Wildman–Crippen LogP) is 3.42. The second kappa shape index (κ2) is 5.86. The van der Waals surface area contributed by atoms with Crippen molar-refractivity contribution in [1.29, 1.82) is 0 Å². The van der Waals surface area contributed by atoms with Crippen molar-refractivity contribution < 1.29 is 32.0 Å². The van der Waals surface area contributed by atoms with Crippen LogP contribution in [0.3, 0.4) is 0 Å². The number of ether oxygens (including phenoxy) is 2. The van der Waals surface area contributed by atoms with Crippen LogP contribution in [0.1, 0.15) is 17.4 Å². The molecule has 21 heavy (non-hydrogen) atoms. The van der Waals surface area contributed by atoms with Crippen LogP contribution in [0, 0.1) is 0 Å². The summed E-state index contributed by atoms with van der Waals surface area (Å²) in [6.45, 7) is 1.81. The van der Waals surface area contributed by atoms with Gasteiger partial charge in [-0.15, -0.1) is 13.2 Å². The first-order chi connectivity index (χ1) is 9.90. The minimum Gasteiger partial charge on any atom is -0.461 e. The average Bonchev–Trinajstić information content (AvgIpc) is 2.87. The summed E-state index contributed by atoms with van der Waals surface area (Å²) in [7, 11) is 0. The van der Waals surface area contributed by atoms with Crippen LogP contribution in [0.4, 0.5) is 13.2 Å². The molecule has 0 amide bonds. The number of hydrogen-bond donors (Lipinski definition) is 0. The molecule has 1 aromatic heterocycles. The number of carbonyl (C=O) groups excluding carboxylic acids is 1. The van der Waals surface area contributed by atoms with Crippen molar-refractivity contribution in [2.24, 2.45) is 0 Å². The van der Waals surface area contributed by atoms with Gasteiger partial charge in [-0.05, 0) is 24.6 Å². The van der Waals surface area contributed by atoms with Crippen molar-refractivity contribution in [3.8, 4) is 16.9 Å². The van der Waals surface area contributed by atoms with Crippen molar-refractivity contribution >= 4 is 5.97 Å². The molecule has 0 saturated carbocycles. The van der Waals surface area contributed by atoms with Gasteiger partial charge in [0.25, 0.3) is 0 Å². The Balaban J connectivity index is 2.24. The molecule has 0 aliphatic rings. The summed E-state index contributed by atoms with van der Waals surface area (Å²) in [5.41, 5.74) is 0.738. The normalized spacial score (nSPS) is 11.2. The van der Waals surface area contributed by atoms with E-state index in [2.05, 4.69) is 9.89 Å². The molecule has 8 heteroatoms. The molecule has 0 unspecified atom stereocenters. The van der Waals surface area contributed by atoms with Gasteiger partial charge >= 0.3 is 12.3 Å². The molecule has 0 aliphatic carbocycles. The second-order valence-corrected chi connectivity index (χ2v) is 3.87. The number of esters is 1. The van der Waals surface area contributed by atoms with E-state index in [-0.39, 0.29) is 18.1 Å². The van der Waals surface area contributed by atoms with Crippen molar-refractivity contribution in [2.45, 2.75) is 13.3 Å². The molecule has 0 aliphatic heterocycles. The molecule has 0 atom stereocenters. The molecule has 1 aromatic carbocycles. The van der Waals surface area contributed by atoms with E-state index in [0.29, 0.717) is 11.1 Å². The predicted molar refractivity (Wildman–Crippen MR) is 64.6 cm³/mol. The largest absolute Gasteiger partial charge is 0.573 e. The third-order valence-electron chi connectivity index (χ3n) is 2.44. The summed E-state index contributed by atoms with van der Waals surface area (Å²) in [6.07, 6.45) is -3.54. The number of hydrogen-bond acceptors (Lipinski definition) is 5. The Morgan fingerprint density at radius 2 is 1.95 bits per heavy atom. The minimum absolute atomic E-state index is 0.0404. The number of alkyl halides is 3. The SMILES string of the molecule is CCOC(=O)c1nocc1-c1ccc(OC(F)(F)F)cc1. The molecule has 0 radical (unpaired) electrons. The molecule has 2 rings (SSSR count). The molecular weight excluding hydrogens is 291 g/mol. The molecule has 0 bridgehead atoms. The summed E-state index contributed by atoms with van der Waals surface area (Å²) in [5, 5.41) is 3.53. The van der Waals surface area contributed by atoms with Gasteiger partial charge in [0.2, 0.25) is 0 Å². The van der Waals surface area contributed by atoms with Gasteiger partial charge < -0.3 is 14.0 Å². The Hall–Kier alpha value is -2.51. The zero-order valence-electron chi connectivity index (χ0n) is 10.8. The molecule has 2 aromatic rings. The molecule has 0 saturated heterocycles. The van der Waals surface area contributed by atoms with Gasteiger partial charge in [-0.25, -0.2) is 4.79 Å². The number of nitrogens with zero attached hydrogens (tertiary/aromatic N) is 1. The minimum atomic E-state index is -4.76. The van der Waals surface area contributed by atoms with Crippen molar-refractivity contribution in [2.75, 3.05) is 6.61 Å². The van der Waals surface area contributed by atoms with E-state index >= 15 is 0 Å². The molecule has 5 nitrogen and oxygen atoms in total. The Labute approximate surface area is 117 Å². The van der Waals surface area contributed by atoms with Crippen LogP contribution in [0.15, 0.2) is 35.1 Å². The Morgan fingerprint density at radius 3 is 2.52 bits per heavy atom. The average molecular weight is 301 g/mol. The van der Waals surface area contributed by atoms with Gasteiger partial charge in [-0.3, -0.25) is 0 Å². The van der Waals surface area contributed by atoms with Gasteiger partial charge in [0, 0.05) is 0 Å². The number of halogens is 3. The zero-order valence-corrected chi connectivity index (χ0v) is 10.8. The highest BCUT2D eigenvalue weighted by Crippen LogP contribution is 2.28. The highest BCUT2D eigenvalue weighted by molar-refractivity contribution is 5.94. The highest BCUT2D eigenvalue weighted by atomic mass is 19.4. The van der Waals surface area contributed by atoms with E-state index in [1.165, 1.54) is 18.4 Å². The van der Waals surface area contributed by atoms with Crippen LogP contribution >= 0.6 is 0 Å². The van der Waals surface area contributed by atoms with Crippen LogP contribution in [0.2, 0.25) is 0 Å². The molecule has 1 heterocycles. The van der Waals surface area contributed by atoms with Crippen LogP contribution in [-0.4, -0.2) is 24.1 Å². The zero-order chi connectivity index (χ0) is 15.5. The lowest BCUT2D eigenvalue weighted by Crippen LogP contribution is -2.16. The monoisotopic (exact) mass is 301 g/mol. The molecule has 112 valence electrons. The maximum absolute atomic E-state index is 12.1. The third-order valence-corrected chi connectivity index (χ3v) is 2.44. The summed E-state index contributed by atoms with van der Waals surface area (Å²) in [4.78, 5) is 11.6. The highest BCUT2D eigenvalue weighted by Gasteiger charge is 2.31. The molecule has 0 N–H and O–H groups in total. The Bertz CT molecular complexity index is 619. The molecule has 0 fully saturated rings. The van der Waals surface area contributed by atoms with Crippen LogP contribution in [0.25, 0.3) is 11.1 Å². The number of benzene rings is 1. The number of aromatic nitrogens is 1. The van der Waals surface area contributed by atoms with Crippen molar-refractivity contribution in [3.05, 3.63) is 36.2 Å². The smallest absolute Gasteiger partial charge is 0.461 e. The fraction of sp³-hybridized carbons (Fsp3) is 0.231. The van der Waals surface area contributed by atoms with Gasteiger partial charge in [-0.1, -0.05) is 17.3 Å². The van der Waals surface area contributed by atoms with Crippen LogP contribution in [-0.2, 0) is 4.74 Å². The van der Waals surface area contributed by atoms with E-state index in [0.717, 1.165) is 12.1 Å². The van der Waals surface area contributed by atoms with Gasteiger partial charge in [-0.2, -0.15) is 0 Å². The van der Waals surface area contributed by atoms with Gasteiger partial charge in [0.15, 0.2) is 5.69 Å². The maximum atomic E-state index is 12.1. The molecule has 0 spiro atoms. The first-order valence-electron chi connectivity index (χ1n) is 5.88. The number of rotatable bonds is 4. The fourth-order valence-corrected chi connectivity index (χ4v) is 1.62. The van der Waals surface area contributed by atoms with E-state index in [4.69, 9.17) is 9.26 Å². The van der Waals surface area contributed by atoms with E-state index in [1.807, 2.05) is 0 Å². The third kappa shape index (κ3) is 3.74. The Morgan fingerprint density at radius 1 is 1.29 bits per heavy atom. The maximum Gasteiger partial charge on any atom is 0.573 e. The van der Waals surface area contributed by atoms with Crippen molar-refractivity contribution in [1.82, 2.24) is 5.16 Å². The van der Waals surface area contributed by atoms with Crippen LogP contribution in [0.5, 0.6) is 5.75 Å². The first kappa shape index (κ1) is 14.9. The standard InChI is InChI=1S/C13H10F3NO4/c1-2-19-12(18)11-10(7-20-17-11)8-3-5-9(6-4-8)21-13(14,15)16/h3-7H,2H2,1H3. The number of carbonyl (C=O) groups is 1. The first-order valence-corrected chi connectivity index (χ1v) is 5.88. The molecular formula is C13H10F3NO4. The van der Waals surface area contributed by atoms with E-state index in [1.54, 1.807) is 6.92 Å². The van der Waals surface area contributed by atoms with E-state index in [9.17, 15) is 18.0 Å². The van der Waals surface area contributed by atoms with Crippen molar-refractivity contribution in [3.63, 3.8) is 0 Å². The summed E-state index contributed by atoms with van der Waals surface area (Å²) in [5.74, 6) is -1.03. The summed E-state index contributed by atoms with van der Waals surface area (Å²) < 4.78 is 49.5.